The number of fused-ring (bicyclic) bond motifs is 1. The Balaban J connectivity index is 1.76. The Morgan fingerprint density at radius 3 is 2.37 bits per heavy atom. The van der Waals surface area contributed by atoms with Crippen molar-refractivity contribution in [1.82, 2.24) is 0 Å². The molecule has 1 aliphatic rings. The van der Waals surface area contributed by atoms with Crippen LogP contribution in [0.3, 0.4) is 0 Å². The molecule has 2 aromatic carbocycles. The van der Waals surface area contributed by atoms with Crippen molar-refractivity contribution in [3.05, 3.63) is 41.5 Å². The predicted molar refractivity (Wildman–Crippen MR) is 108 cm³/mol. The van der Waals surface area contributed by atoms with E-state index in [0.29, 0.717) is 28.4 Å². The number of methoxy groups -OCH3 is 3. The number of ether oxygens (including phenoxy) is 4. The van der Waals surface area contributed by atoms with Crippen LogP contribution in [0, 0.1) is 0 Å². The SMILES string of the molecule is COc1cc(NC(=O)C[C@@H]2OC(=O)c3c2ccc(OC)c3OC)ccc1NC(C)=O. The fourth-order valence-corrected chi connectivity index (χ4v) is 3.27. The van der Waals surface area contributed by atoms with Gasteiger partial charge in [-0.25, -0.2) is 4.79 Å². The zero-order chi connectivity index (χ0) is 21.8. The highest BCUT2D eigenvalue weighted by molar-refractivity contribution is 5.99. The Labute approximate surface area is 173 Å². The van der Waals surface area contributed by atoms with Crippen LogP contribution in [-0.4, -0.2) is 39.1 Å². The molecular formula is C21H22N2O7. The maximum Gasteiger partial charge on any atom is 0.343 e. The number of amides is 2. The molecule has 0 fully saturated rings. The second-order valence-corrected chi connectivity index (χ2v) is 6.51. The van der Waals surface area contributed by atoms with E-state index in [0.717, 1.165) is 0 Å². The monoisotopic (exact) mass is 414 g/mol. The van der Waals surface area contributed by atoms with Crippen molar-refractivity contribution in [1.29, 1.82) is 0 Å². The molecule has 9 nitrogen and oxygen atoms in total. The van der Waals surface area contributed by atoms with Crippen LogP contribution < -0.4 is 24.8 Å². The molecule has 3 rings (SSSR count). The summed E-state index contributed by atoms with van der Waals surface area (Å²) in [4.78, 5) is 36.1. The number of carbonyl (C=O) groups is 3. The van der Waals surface area contributed by atoms with Gasteiger partial charge in [0.2, 0.25) is 11.8 Å². The summed E-state index contributed by atoms with van der Waals surface area (Å²) in [5, 5.41) is 5.39. The van der Waals surface area contributed by atoms with Crippen LogP contribution in [0.1, 0.15) is 35.4 Å². The van der Waals surface area contributed by atoms with Gasteiger partial charge in [-0.15, -0.1) is 0 Å². The lowest BCUT2D eigenvalue weighted by molar-refractivity contribution is -0.118. The van der Waals surface area contributed by atoms with Crippen molar-refractivity contribution >= 4 is 29.2 Å². The van der Waals surface area contributed by atoms with E-state index in [2.05, 4.69) is 10.6 Å². The lowest BCUT2D eigenvalue weighted by Crippen LogP contribution is -2.16. The molecule has 0 radical (unpaired) electrons. The highest BCUT2D eigenvalue weighted by atomic mass is 16.6. The van der Waals surface area contributed by atoms with Gasteiger partial charge in [0, 0.05) is 24.2 Å². The summed E-state index contributed by atoms with van der Waals surface area (Å²) in [6.07, 6.45) is -0.822. The van der Waals surface area contributed by atoms with Crippen LogP contribution in [0.4, 0.5) is 11.4 Å². The van der Waals surface area contributed by atoms with E-state index in [1.165, 1.54) is 28.3 Å². The molecule has 1 heterocycles. The van der Waals surface area contributed by atoms with E-state index in [4.69, 9.17) is 18.9 Å². The number of hydrogen-bond donors (Lipinski definition) is 2. The van der Waals surface area contributed by atoms with E-state index < -0.39 is 12.1 Å². The summed E-state index contributed by atoms with van der Waals surface area (Å²) >= 11 is 0. The van der Waals surface area contributed by atoms with Gasteiger partial charge in [0.05, 0.1) is 33.4 Å². The van der Waals surface area contributed by atoms with Crippen LogP contribution in [0.25, 0.3) is 0 Å². The Bertz CT molecular complexity index is 1000. The number of esters is 1. The highest BCUT2D eigenvalue weighted by Gasteiger charge is 2.36. The minimum Gasteiger partial charge on any atom is -0.494 e. The smallest absolute Gasteiger partial charge is 0.343 e. The maximum absolute atomic E-state index is 12.6. The Kier molecular flexibility index (Phi) is 6.10. The molecule has 0 saturated carbocycles. The largest absolute Gasteiger partial charge is 0.494 e. The third kappa shape index (κ3) is 4.14. The molecule has 9 heteroatoms. The average Bonchev–Trinajstić information content (AvgIpc) is 3.03. The van der Waals surface area contributed by atoms with Crippen molar-refractivity contribution in [2.24, 2.45) is 0 Å². The first-order chi connectivity index (χ1) is 14.4. The minimum absolute atomic E-state index is 0.0794. The van der Waals surface area contributed by atoms with E-state index in [-0.39, 0.29) is 29.5 Å². The first kappa shape index (κ1) is 21.0. The minimum atomic E-state index is -0.743. The van der Waals surface area contributed by atoms with E-state index >= 15 is 0 Å². The molecule has 1 atom stereocenters. The summed E-state index contributed by atoms with van der Waals surface area (Å²) in [6.45, 7) is 1.39. The quantitative estimate of drug-likeness (QED) is 0.670. The summed E-state index contributed by atoms with van der Waals surface area (Å²) in [5.74, 6) is -0.0770. The standard InChI is InChI=1S/C21H22N2O7/c1-11(24)22-14-7-5-12(9-17(14)28-3)23-18(25)10-16-13-6-8-15(27-2)20(29-4)19(13)21(26)30-16/h5-9,16H,10H2,1-4H3,(H,22,24)(H,23,25)/t16-/m0/s1. The summed E-state index contributed by atoms with van der Waals surface area (Å²) in [7, 11) is 4.37. The highest BCUT2D eigenvalue weighted by Crippen LogP contribution is 2.43. The van der Waals surface area contributed by atoms with Gasteiger partial charge in [0.1, 0.15) is 17.4 Å². The number of rotatable bonds is 7. The first-order valence-electron chi connectivity index (χ1n) is 9.09. The van der Waals surface area contributed by atoms with Crippen molar-refractivity contribution in [2.75, 3.05) is 32.0 Å². The Hall–Kier alpha value is -3.75. The fraction of sp³-hybridized carbons (Fsp3) is 0.286. The zero-order valence-electron chi connectivity index (χ0n) is 17.0. The molecule has 2 aromatic rings. The Morgan fingerprint density at radius 2 is 1.73 bits per heavy atom. The van der Waals surface area contributed by atoms with Gasteiger partial charge in [-0.2, -0.15) is 0 Å². The van der Waals surface area contributed by atoms with E-state index in [1.54, 1.807) is 30.3 Å². The summed E-state index contributed by atoms with van der Waals surface area (Å²) < 4.78 is 21.1. The van der Waals surface area contributed by atoms with Crippen LogP contribution >= 0.6 is 0 Å². The molecule has 0 saturated heterocycles. The number of benzene rings is 2. The molecule has 0 aromatic heterocycles. The van der Waals surface area contributed by atoms with Crippen molar-refractivity contribution < 1.29 is 33.3 Å². The molecule has 2 N–H and O–H groups in total. The topological polar surface area (TPSA) is 112 Å². The van der Waals surface area contributed by atoms with Gasteiger partial charge in [0.15, 0.2) is 11.5 Å². The molecule has 0 aliphatic carbocycles. The summed E-state index contributed by atoms with van der Waals surface area (Å²) in [6, 6.07) is 8.19. The number of carbonyl (C=O) groups excluding carboxylic acids is 3. The molecule has 1 aliphatic heterocycles. The molecule has 0 spiro atoms. The third-order valence-corrected chi connectivity index (χ3v) is 4.54. The normalized spacial score (nSPS) is 14.4. The van der Waals surface area contributed by atoms with Crippen molar-refractivity contribution in [3.63, 3.8) is 0 Å². The molecule has 0 unspecified atom stereocenters. The zero-order valence-corrected chi connectivity index (χ0v) is 17.0. The molecule has 2 amide bonds. The van der Waals surface area contributed by atoms with Crippen LogP contribution in [-0.2, 0) is 14.3 Å². The lowest BCUT2D eigenvalue weighted by atomic mass is 10.0. The van der Waals surface area contributed by atoms with Gasteiger partial charge in [-0.1, -0.05) is 6.07 Å². The second-order valence-electron chi connectivity index (χ2n) is 6.51. The molecular weight excluding hydrogens is 392 g/mol. The Morgan fingerprint density at radius 1 is 1.00 bits per heavy atom. The lowest BCUT2D eigenvalue weighted by Gasteiger charge is -2.14. The second kappa shape index (κ2) is 8.73. The summed E-state index contributed by atoms with van der Waals surface area (Å²) in [5.41, 5.74) is 1.79. The van der Waals surface area contributed by atoms with Gasteiger partial charge >= 0.3 is 5.97 Å². The first-order valence-corrected chi connectivity index (χ1v) is 9.09. The van der Waals surface area contributed by atoms with Crippen LogP contribution in [0.5, 0.6) is 17.2 Å². The maximum atomic E-state index is 12.6. The van der Waals surface area contributed by atoms with Gasteiger partial charge < -0.3 is 29.6 Å². The van der Waals surface area contributed by atoms with Gasteiger partial charge in [-0.05, 0) is 18.2 Å². The van der Waals surface area contributed by atoms with E-state index in [1.807, 2.05) is 0 Å². The number of hydrogen-bond acceptors (Lipinski definition) is 7. The van der Waals surface area contributed by atoms with Gasteiger partial charge in [-0.3, -0.25) is 9.59 Å². The van der Waals surface area contributed by atoms with E-state index in [9.17, 15) is 14.4 Å². The van der Waals surface area contributed by atoms with Crippen molar-refractivity contribution in [2.45, 2.75) is 19.4 Å². The fourth-order valence-electron chi connectivity index (χ4n) is 3.27. The number of cyclic esters (lactones) is 1. The van der Waals surface area contributed by atoms with Crippen molar-refractivity contribution in [3.8, 4) is 17.2 Å². The third-order valence-electron chi connectivity index (χ3n) is 4.54. The van der Waals surface area contributed by atoms with Crippen LogP contribution in [0.15, 0.2) is 30.3 Å². The predicted octanol–water partition coefficient (Wildman–Crippen LogP) is 2.91. The molecule has 158 valence electrons. The van der Waals surface area contributed by atoms with Gasteiger partial charge in [0.25, 0.3) is 0 Å². The molecule has 30 heavy (non-hydrogen) atoms. The molecule has 0 bridgehead atoms. The average molecular weight is 414 g/mol. The number of anilines is 2. The number of nitrogens with one attached hydrogen (secondary N) is 2. The van der Waals surface area contributed by atoms with Crippen LogP contribution in [0.2, 0.25) is 0 Å².